The van der Waals surface area contributed by atoms with Gasteiger partial charge >= 0.3 is 0 Å². The highest BCUT2D eigenvalue weighted by molar-refractivity contribution is 5.94. The Balaban J connectivity index is 2.90. The van der Waals surface area contributed by atoms with Crippen molar-refractivity contribution in [2.24, 2.45) is 5.73 Å². The molecule has 0 aliphatic heterocycles. The first-order chi connectivity index (χ1) is 8.61. The van der Waals surface area contributed by atoms with Gasteiger partial charge in [-0.3, -0.25) is 4.79 Å². The van der Waals surface area contributed by atoms with Gasteiger partial charge in [-0.05, 0) is 37.9 Å². The van der Waals surface area contributed by atoms with Crippen LogP contribution in [0, 0.1) is 12.7 Å². The largest absolute Gasteiger partial charge is 0.339 e. The number of carbonyl (C=O) groups is 1. The summed E-state index contributed by atoms with van der Waals surface area (Å²) in [6.07, 6.45) is 1.59. The number of rotatable bonds is 6. The van der Waals surface area contributed by atoms with Crippen LogP contribution in [0.1, 0.15) is 35.7 Å². The molecule has 0 bridgehead atoms. The molecular weight excluding hydrogens is 231 g/mol. The zero-order valence-corrected chi connectivity index (χ0v) is 11.1. The van der Waals surface area contributed by atoms with Crippen molar-refractivity contribution in [2.75, 3.05) is 19.6 Å². The van der Waals surface area contributed by atoms with Crippen molar-refractivity contribution in [3.8, 4) is 0 Å². The summed E-state index contributed by atoms with van der Waals surface area (Å²) in [4.78, 5) is 13.9. The summed E-state index contributed by atoms with van der Waals surface area (Å²) in [5.74, 6) is -0.664. The topological polar surface area (TPSA) is 46.3 Å². The maximum atomic E-state index is 13.9. The van der Waals surface area contributed by atoms with Gasteiger partial charge in [-0.25, -0.2) is 4.39 Å². The van der Waals surface area contributed by atoms with Gasteiger partial charge in [0.05, 0.1) is 5.56 Å². The Morgan fingerprint density at radius 3 is 2.72 bits per heavy atom. The standard InChI is InChI=1S/C14H21FN2O/c1-3-9-17(10-5-8-16)14(18)12-7-4-6-11(2)13(12)15/h4,6-7H,3,5,8-10,16H2,1-2H3. The minimum absolute atomic E-state index is 0.153. The molecule has 0 aromatic heterocycles. The first-order valence-electron chi connectivity index (χ1n) is 6.36. The van der Waals surface area contributed by atoms with E-state index in [4.69, 9.17) is 5.73 Å². The minimum atomic E-state index is -0.420. The van der Waals surface area contributed by atoms with Gasteiger partial charge in [-0.15, -0.1) is 0 Å². The van der Waals surface area contributed by atoms with Crippen LogP contribution in [0.4, 0.5) is 4.39 Å². The van der Waals surface area contributed by atoms with Crippen LogP contribution in [-0.2, 0) is 0 Å². The molecule has 1 aromatic rings. The number of aryl methyl sites for hydroxylation is 1. The Labute approximate surface area is 108 Å². The predicted octanol–water partition coefficient (Wildman–Crippen LogP) is 2.34. The second-order valence-electron chi connectivity index (χ2n) is 4.37. The molecule has 0 saturated heterocycles. The van der Waals surface area contributed by atoms with E-state index in [-0.39, 0.29) is 11.5 Å². The van der Waals surface area contributed by atoms with Gasteiger partial charge in [-0.2, -0.15) is 0 Å². The van der Waals surface area contributed by atoms with Crippen molar-refractivity contribution in [2.45, 2.75) is 26.7 Å². The molecule has 1 aromatic carbocycles. The highest BCUT2D eigenvalue weighted by Gasteiger charge is 2.18. The quantitative estimate of drug-likeness (QED) is 0.844. The number of nitrogens with zero attached hydrogens (tertiary/aromatic N) is 1. The molecule has 0 spiro atoms. The fourth-order valence-electron chi connectivity index (χ4n) is 1.85. The maximum Gasteiger partial charge on any atom is 0.256 e. The lowest BCUT2D eigenvalue weighted by Crippen LogP contribution is -2.34. The number of nitrogens with two attached hydrogens (primary N) is 1. The summed E-state index contributed by atoms with van der Waals surface area (Å²) in [7, 11) is 0. The molecule has 0 aliphatic carbocycles. The van der Waals surface area contributed by atoms with Crippen LogP contribution in [0.25, 0.3) is 0 Å². The molecule has 0 atom stereocenters. The molecule has 0 fully saturated rings. The molecule has 0 unspecified atom stereocenters. The Morgan fingerprint density at radius 1 is 1.39 bits per heavy atom. The van der Waals surface area contributed by atoms with Gasteiger partial charge in [0, 0.05) is 13.1 Å². The van der Waals surface area contributed by atoms with E-state index in [1.54, 1.807) is 24.0 Å². The SMILES string of the molecule is CCCN(CCCN)C(=O)c1cccc(C)c1F. The zero-order chi connectivity index (χ0) is 13.5. The fraction of sp³-hybridized carbons (Fsp3) is 0.500. The Kier molecular flexibility index (Phi) is 5.78. The van der Waals surface area contributed by atoms with Crippen LogP contribution in [0.15, 0.2) is 18.2 Å². The molecule has 3 nitrogen and oxygen atoms in total. The molecule has 100 valence electrons. The predicted molar refractivity (Wildman–Crippen MR) is 71.0 cm³/mol. The average Bonchev–Trinajstić information content (AvgIpc) is 2.37. The van der Waals surface area contributed by atoms with Crippen LogP contribution in [0.2, 0.25) is 0 Å². The van der Waals surface area contributed by atoms with Gasteiger partial charge in [0.15, 0.2) is 0 Å². The van der Waals surface area contributed by atoms with E-state index >= 15 is 0 Å². The van der Waals surface area contributed by atoms with Crippen molar-refractivity contribution in [3.63, 3.8) is 0 Å². The van der Waals surface area contributed by atoms with E-state index in [1.807, 2.05) is 6.92 Å². The van der Waals surface area contributed by atoms with Gasteiger partial charge < -0.3 is 10.6 Å². The molecule has 0 heterocycles. The lowest BCUT2D eigenvalue weighted by molar-refractivity contribution is 0.0750. The monoisotopic (exact) mass is 252 g/mol. The van der Waals surface area contributed by atoms with E-state index in [9.17, 15) is 9.18 Å². The van der Waals surface area contributed by atoms with Gasteiger partial charge in [0.1, 0.15) is 5.82 Å². The van der Waals surface area contributed by atoms with E-state index in [1.165, 1.54) is 6.07 Å². The van der Waals surface area contributed by atoms with Crippen molar-refractivity contribution in [1.29, 1.82) is 0 Å². The second-order valence-corrected chi connectivity index (χ2v) is 4.37. The maximum absolute atomic E-state index is 13.9. The third-order valence-corrected chi connectivity index (χ3v) is 2.84. The Bertz CT molecular complexity index is 407. The molecule has 2 N–H and O–H groups in total. The van der Waals surface area contributed by atoms with E-state index in [2.05, 4.69) is 0 Å². The summed E-state index contributed by atoms with van der Waals surface area (Å²) < 4.78 is 13.9. The summed E-state index contributed by atoms with van der Waals surface area (Å²) in [6, 6.07) is 4.91. The smallest absolute Gasteiger partial charge is 0.256 e. The highest BCUT2D eigenvalue weighted by atomic mass is 19.1. The number of benzene rings is 1. The first-order valence-corrected chi connectivity index (χ1v) is 6.36. The summed E-state index contributed by atoms with van der Waals surface area (Å²) >= 11 is 0. The van der Waals surface area contributed by atoms with Gasteiger partial charge in [0.25, 0.3) is 5.91 Å². The van der Waals surface area contributed by atoms with E-state index < -0.39 is 5.82 Å². The molecule has 4 heteroatoms. The number of hydrogen-bond donors (Lipinski definition) is 1. The van der Waals surface area contributed by atoms with Crippen LogP contribution >= 0.6 is 0 Å². The Hall–Kier alpha value is -1.42. The fourth-order valence-corrected chi connectivity index (χ4v) is 1.85. The zero-order valence-electron chi connectivity index (χ0n) is 11.1. The summed E-state index contributed by atoms with van der Waals surface area (Å²) in [5, 5.41) is 0. The lowest BCUT2D eigenvalue weighted by atomic mass is 10.1. The first kappa shape index (κ1) is 14.6. The Morgan fingerprint density at radius 2 is 2.11 bits per heavy atom. The lowest BCUT2D eigenvalue weighted by Gasteiger charge is -2.22. The third kappa shape index (κ3) is 3.53. The van der Waals surface area contributed by atoms with Gasteiger partial charge in [0.2, 0.25) is 0 Å². The number of halogens is 1. The average molecular weight is 252 g/mol. The van der Waals surface area contributed by atoms with Crippen molar-refractivity contribution in [1.82, 2.24) is 4.90 Å². The number of hydrogen-bond acceptors (Lipinski definition) is 2. The van der Waals surface area contributed by atoms with Crippen molar-refractivity contribution in [3.05, 3.63) is 35.1 Å². The van der Waals surface area contributed by atoms with E-state index in [0.717, 1.165) is 12.8 Å². The molecule has 0 aliphatic rings. The number of carbonyl (C=O) groups excluding carboxylic acids is 1. The normalized spacial score (nSPS) is 10.4. The molecule has 0 saturated carbocycles. The van der Waals surface area contributed by atoms with Crippen molar-refractivity contribution < 1.29 is 9.18 Å². The van der Waals surface area contributed by atoms with E-state index in [0.29, 0.717) is 25.2 Å². The van der Waals surface area contributed by atoms with Crippen LogP contribution < -0.4 is 5.73 Å². The molecule has 1 amide bonds. The van der Waals surface area contributed by atoms with Crippen LogP contribution in [0.5, 0.6) is 0 Å². The van der Waals surface area contributed by atoms with Crippen molar-refractivity contribution >= 4 is 5.91 Å². The second kappa shape index (κ2) is 7.11. The molecular formula is C14H21FN2O. The third-order valence-electron chi connectivity index (χ3n) is 2.84. The van der Waals surface area contributed by atoms with Crippen LogP contribution in [-0.4, -0.2) is 30.4 Å². The highest BCUT2D eigenvalue weighted by Crippen LogP contribution is 2.14. The summed E-state index contributed by atoms with van der Waals surface area (Å²) in [6.45, 7) is 5.40. The molecule has 18 heavy (non-hydrogen) atoms. The molecule has 1 rings (SSSR count). The molecule has 0 radical (unpaired) electrons. The van der Waals surface area contributed by atoms with Crippen LogP contribution in [0.3, 0.4) is 0 Å². The van der Waals surface area contributed by atoms with Gasteiger partial charge in [-0.1, -0.05) is 19.1 Å². The number of amides is 1. The summed E-state index contributed by atoms with van der Waals surface area (Å²) in [5.41, 5.74) is 6.10. The minimum Gasteiger partial charge on any atom is -0.339 e.